The number of hydrogen-bond donors (Lipinski definition) is 0. The normalized spacial score (nSPS) is 19.4. The van der Waals surface area contributed by atoms with Crippen LogP contribution in [0.25, 0.3) is 22.6 Å². The minimum Gasteiger partial charge on any atom is -0.304 e. The molecule has 1 saturated heterocycles. The van der Waals surface area contributed by atoms with Crippen molar-refractivity contribution in [2.45, 2.75) is 12.5 Å². The van der Waals surface area contributed by atoms with Crippen LogP contribution in [-0.2, 0) is 0 Å². The topological polar surface area (TPSA) is 46.8 Å². The second-order valence-corrected chi connectivity index (χ2v) is 5.60. The Morgan fingerprint density at radius 3 is 2.86 bits per heavy atom. The fourth-order valence-electron chi connectivity index (χ4n) is 3.10. The van der Waals surface area contributed by atoms with Crippen LogP contribution in [0.4, 0.5) is 0 Å². The van der Waals surface area contributed by atoms with Gasteiger partial charge in [0.2, 0.25) is 0 Å². The molecule has 1 aliphatic rings. The Kier molecular flexibility index (Phi) is 2.93. The van der Waals surface area contributed by atoms with Gasteiger partial charge in [-0.3, -0.25) is 4.98 Å². The lowest BCUT2D eigenvalue weighted by molar-refractivity contribution is 0.395. The van der Waals surface area contributed by atoms with Gasteiger partial charge in [0, 0.05) is 30.7 Å². The van der Waals surface area contributed by atoms with Crippen molar-refractivity contribution in [3.8, 4) is 11.4 Å². The van der Waals surface area contributed by atoms with Crippen LogP contribution in [0, 0.1) is 0 Å². The van der Waals surface area contributed by atoms with Crippen molar-refractivity contribution in [3.63, 3.8) is 0 Å². The van der Waals surface area contributed by atoms with Crippen molar-refractivity contribution >= 4 is 11.2 Å². The van der Waals surface area contributed by atoms with Crippen LogP contribution >= 0.6 is 0 Å². The lowest BCUT2D eigenvalue weighted by atomic mass is 10.2. The van der Waals surface area contributed by atoms with E-state index in [-0.39, 0.29) is 0 Å². The number of likely N-dealkylation sites (N-methyl/N-ethyl adjacent to an activating group) is 1. The fraction of sp³-hybridized carbons (Fsp3) is 0.312. The van der Waals surface area contributed by atoms with Gasteiger partial charge in [-0.05, 0) is 44.3 Å². The molecule has 1 atom stereocenters. The third kappa shape index (κ3) is 2.10. The van der Waals surface area contributed by atoms with Crippen LogP contribution < -0.4 is 0 Å². The molecule has 0 bridgehead atoms. The summed E-state index contributed by atoms with van der Waals surface area (Å²) < 4.78 is 2.29. The Balaban J connectivity index is 1.93. The average molecular weight is 279 g/mol. The number of imidazole rings is 1. The first-order valence-corrected chi connectivity index (χ1v) is 7.25. The second kappa shape index (κ2) is 4.93. The summed E-state index contributed by atoms with van der Waals surface area (Å²) in [7, 11) is 2.16. The first-order valence-electron chi connectivity index (χ1n) is 7.25. The third-order valence-electron chi connectivity index (χ3n) is 4.10. The number of nitrogens with zero attached hydrogens (tertiary/aromatic N) is 5. The largest absolute Gasteiger partial charge is 0.304 e. The minimum atomic E-state index is 0.421. The van der Waals surface area contributed by atoms with Crippen molar-refractivity contribution in [1.29, 1.82) is 0 Å². The molecular weight excluding hydrogens is 262 g/mol. The first kappa shape index (κ1) is 12.5. The monoisotopic (exact) mass is 279 g/mol. The maximum atomic E-state index is 4.79. The Labute approximate surface area is 123 Å². The zero-order valence-electron chi connectivity index (χ0n) is 12.0. The third-order valence-corrected chi connectivity index (χ3v) is 4.10. The maximum Gasteiger partial charge on any atom is 0.160 e. The van der Waals surface area contributed by atoms with Gasteiger partial charge in [0.05, 0.1) is 6.04 Å². The van der Waals surface area contributed by atoms with E-state index in [4.69, 9.17) is 4.98 Å². The van der Waals surface area contributed by atoms with Crippen LogP contribution in [0.5, 0.6) is 0 Å². The van der Waals surface area contributed by atoms with E-state index in [1.807, 2.05) is 30.6 Å². The summed E-state index contributed by atoms with van der Waals surface area (Å²) in [6, 6.07) is 8.40. The molecule has 5 heteroatoms. The predicted octanol–water partition coefficient (Wildman–Crippen LogP) is 2.37. The van der Waals surface area contributed by atoms with E-state index in [0.717, 1.165) is 42.1 Å². The van der Waals surface area contributed by atoms with Crippen molar-refractivity contribution in [1.82, 2.24) is 24.4 Å². The van der Waals surface area contributed by atoms with E-state index in [2.05, 4.69) is 32.5 Å². The number of aromatic nitrogens is 4. The molecule has 0 saturated carbocycles. The molecule has 0 N–H and O–H groups in total. The number of pyridine rings is 2. The summed E-state index contributed by atoms with van der Waals surface area (Å²) in [4.78, 5) is 15.9. The second-order valence-electron chi connectivity index (χ2n) is 5.60. The molecule has 1 unspecified atom stereocenters. The molecule has 0 aliphatic carbocycles. The highest BCUT2D eigenvalue weighted by Gasteiger charge is 2.26. The molecule has 106 valence electrons. The van der Waals surface area contributed by atoms with Crippen LogP contribution in [0.15, 0.2) is 42.9 Å². The molecule has 5 nitrogen and oxygen atoms in total. The molecule has 1 aliphatic heterocycles. The van der Waals surface area contributed by atoms with Crippen molar-refractivity contribution < 1.29 is 0 Å². The summed E-state index contributed by atoms with van der Waals surface area (Å²) in [6.07, 6.45) is 6.63. The molecule has 21 heavy (non-hydrogen) atoms. The predicted molar refractivity (Wildman–Crippen MR) is 81.9 cm³/mol. The highest BCUT2D eigenvalue weighted by molar-refractivity contribution is 5.77. The van der Waals surface area contributed by atoms with E-state index in [0.29, 0.717) is 6.04 Å². The molecule has 0 spiro atoms. The Bertz CT molecular complexity index is 765. The Hall–Kier alpha value is -2.27. The molecule has 0 aromatic carbocycles. The molecule has 3 aromatic heterocycles. The molecule has 4 rings (SSSR count). The van der Waals surface area contributed by atoms with E-state index in [1.165, 1.54) is 0 Å². The zero-order valence-corrected chi connectivity index (χ0v) is 12.0. The molecule has 3 aromatic rings. The first-order chi connectivity index (χ1) is 10.3. The highest BCUT2D eigenvalue weighted by Crippen LogP contribution is 2.31. The summed E-state index contributed by atoms with van der Waals surface area (Å²) >= 11 is 0. The smallest absolute Gasteiger partial charge is 0.160 e. The number of rotatable bonds is 2. The molecular formula is C16H17N5. The summed E-state index contributed by atoms with van der Waals surface area (Å²) in [6.45, 7) is 2.15. The van der Waals surface area contributed by atoms with Gasteiger partial charge in [0.1, 0.15) is 11.3 Å². The van der Waals surface area contributed by atoms with E-state index < -0.39 is 0 Å². The maximum absolute atomic E-state index is 4.79. The quantitative estimate of drug-likeness (QED) is 0.722. The highest BCUT2D eigenvalue weighted by atomic mass is 15.2. The zero-order chi connectivity index (χ0) is 14.2. The number of fused-ring (bicyclic) bond motifs is 1. The van der Waals surface area contributed by atoms with Gasteiger partial charge in [-0.25, -0.2) is 9.97 Å². The van der Waals surface area contributed by atoms with Crippen molar-refractivity contribution in [2.75, 3.05) is 20.1 Å². The Morgan fingerprint density at radius 1 is 1.19 bits per heavy atom. The van der Waals surface area contributed by atoms with Gasteiger partial charge in [-0.15, -0.1) is 0 Å². The van der Waals surface area contributed by atoms with Gasteiger partial charge in [-0.2, -0.15) is 0 Å². The molecule has 1 fully saturated rings. The van der Waals surface area contributed by atoms with Crippen LogP contribution in [-0.4, -0.2) is 44.6 Å². The van der Waals surface area contributed by atoms with Gasteiger partial charge in [-0.1, -0.05) is 0 Å². The molecule has 0 radical (unpaired) electrons. The average Bonchev–Trinajstić information content (AvgIpc) is 3.11. The van der Waals surface area contributed by atoms with E-state index in [1.54, 1.807) is 6.20 Å². The van der Waals surface area contributed by atoms with E-state index in [9.17, 15) is 0 Å². The summed E-state index contributed by atoms with van der Waals surface area (Å²) in [5.41, 5.74) is 2.97. The van der Waals surface area contributed by atoms with Crippen molar-refractivity contribution in [2.24, 2.45) is 0 Å². The van der Waals surface area contributed by atoms with Crippen LogP contribution in [0.2, 0.25) is 0 Å². The lowest BCUT2D eigenvalue weighted by Crippen LogP contribution is -2.17. The fourth-order valence-corrected chi connectivity index (χ4v) is 3.10. The van der Waals surface area contributed by atoms with E-state index >= 15 is 0 Å². The molecule has 0 amide bonds. The van der Waals surface area contributed by atoms with Gasteiger partial charge >= 0.3 is 0 Å². The summed E-state index contributed by atoms with van der Waals surface area (Å²) in [5.74, 6) is 0.970. The number of likely N-dealkylation sites (tertiary alicyclic amines) is 1. The minimum absolute atomic E-state index is 0.421. The van der Waals surface area contributed by atoms with Gasteiger partial charge in [0.15, 0.2) is 5.65 Å². The van der Waals surface area contributed by atoms with Crippen molar-refractivity contribution in [3.05, 3.63) is 42.9 Å². The van der Waals surface area contributed by atoms with Crippen LogP contribution in [0.1, 0.15) is 12.5 Å². The van der Waals surface area contributed by atoms with Gasteiger partial charge in [0.25, 0.3) is 0 Å². The number of hydrogen-bond acceptors (Lipinski definition) is 4. The SMILES string of the molecule is CN1CCC(n2c(-c3cccnc3)nc3cccnc32)C1. The lowest BCUT2D eigenvalue weighted by Gasteiger charge is -2.16. The van der Waals surface area contributed by atoms with Gasteiger partial charge < -0.3 is 9.47 Å². The standard InChI is InChI=1S/C16H17N5/c1-20-9-6-13(11-20)21-15(12-4-2-7-17-10-12)19-14-5-3-8-18-16(14)21/h2-5,7-8,10,13H,6,9,11H2,1H3. The summed E-state index contributed by atoms with van der Waals surface area (Å²) in [5, 5.41) is 0. The Morgan fingerprint density at radius 2 is 2.10 bits per heavy atom. The molecule has 4 heterocycles. The van der Waals surface area contributed by atoms with Crippen LogP contribution in [0.3, 0.4) is 0 Å².